The molecule has 0 atom stereocenters. The maximum atomic E-state index is 12.4. The molecule has 0 bridgehead atoms. The summed E-state index contributed by atoms with van der Waals surface area (Å²) in [5.41, 5.74) is 3.42. The highest BCUT2D eigenvalue weighted by atomic mass is 32.2. The Morgan fingerprint density at radius 3 is 1.59 bits per heavy atom. The Hall–Kier alpha value is -1.27. The van der Waals surface area contributed by atoms with Crippen LogP contribution >= 0.6 is 23.5 Å². The van der Waals surface area contributed by atoms with E-state index in [-0.39, 0.29) is 19.0 Å². The van der Waals surface area contributed by atoms with E-state index in [0.717, 1.165) is 32.0 Å². The van der Waals surface area contributed by atoms with Gasteiger partial charge in [-0.2, -0.15) is 0 Å². The molecule has 5 heteroatoms. The molecule has 2 aromatic carbocycles. The van der Waals surface area contributed by atoms with Gasteiger partial charge >= 0.3 is 0 Å². The fourth-order valence-corrected chi connectivity index (χ4v) is 3.92. The summed E-state index contributed by atoms with van der Waals surface area (Å²) >= 11 is 3.16. The Balaban J connectivity index is 1.99. The van der Waals surface area contributed by atoms with Gasteiger partial charge in [0.05, 0.1) is 13.2 Å². The number of hydrogen-bond donors (Lipinski definition) is 2. The van der Waals surface area contributed by atoms with Crippen molar-refractivity contribution < 1.29 is 15.0 Å². The van der Waals surface area contributed by atoms with Crippen molar-refractivity contribution in [3.05, 3.63) is 47.5 Å². The van der Waals surface area contributed by atoms with Gasteiger partial charge in [-0.15, -0.1) is 23.5 Å². The van der Waals surface area contributed by atoms with Crippen molar-refractivity contribution in [3.63, 3.8) is 0 Å². The standard InChI is InChI=1S/C17H16O3S2/c18-5-7-21-11-1-3-13-15(9-11)16-10-12(22-8-6-19)2-4-14(16)17(13)20/h1-4,9-10,18-19H,5-8H2. The van der Waals surface area contributed by atoms with Crippen molar-refractivity contribution in [2.75, 3.05) is 24.7 Å². The monoisotopic (exact) mass is 332 g/mol. The molecule has 0 heterocycles. The first-order valence-electron chi connectivity index (χ1n) is 7.05. The molecular formula is C17H16O3S2. The van der Waals surface area contributed by atoms with Crippen LogP contribution in [0.1, 0.15) is 15.9 Å². The molecule has 1 aliphatic rings. The molecule has 0 fully saturated rings. The van der Waals surface area contributed by atoms with Gasteiger partial charge in [0.2, 0.25) is 0 Å². The minimum Gasteiger partial charge on any atom is -0.396 e. The van der Waals surface area contributed by atoms with E-state index in [4.69, 9.17) is 10.2 Å². The molecule has 114 valence electrons. The lowest BCUT2D eigenvalue weighted by Gasteiger charge is -2.06. The zero-order valence-corrected chi connectivity index (χ0v) is 13.5. The lowest BCUT2D eigenvalue weighted by molar-refractivity contribution is 0.104. The Bertz CT molecular complexity index is 654. The zero-order chi connectivity index (χ0) is 15.5. The smallest absolute Gasteiger partial charge is 0.194 e. The molecule has 22 heavy (non-hydrogen) atoms. The van der Waals surface area contributed by atoms with Crippen LogP contribution in [0.5, 0.6) is 0 Å². The van der Waals surface area contributed by atoms with Crippen molar-refractivity contribution in [2.24, 2.45) is 0 Å². The fourth-order valence-electron chi connectivity index (χ4n) is 2.54. The summed E-state index contributed by atoms with van der Waals surface area (Å²) in [5, 5.41) is 17.9. The van der Waals surface area contributed by atoms with Crippen LogP contribution in [0.15, 0.2) is 46.2 Å². The molecule has 1 aliphatic carbocycles. The van der Waals surface area contributed by atoms with Crippen molar-refractivity contribution in [2.45, 2.75) is 9.79 Å². The van der Waals surface area contributed by atoms with Crippen molar-refractivity contribution in [1.29, 1.82) is 0 Å². The Labute approximate surface area is 137 Å². The summed E-state index contributed by atoms with van der Waals surface area (Å²) in [6.07, 6.45) is 0. The molecule has 2 aromatic rings. The summed E-state index contributed by atoms with van der Waals surface area (Å²) in [7, 11) is 0. The summed E-state index contributed by atoms with van der Waals surface area (Å²) in [6.45, 7) is 0.276. The molecule has 0 spiro atoms. The van der Waals surface area contributed by atoms with E-state index in [1.54, 1.807) is 23.5 Å². The number of fused-ring (bicyclic) bond motifs is 3. The molecule has 0 saturated heterocycles. The second-order valence-electron chi connectivity index (χ2n) is 4.89. The molecule has 0 saturated carbocycles. The molecule has 0 unspecified atom stereocenters. The minimum absolute atomic E-state index is 0.0717. The Kier molecular flexibility index (Phi) is 4.88. The van der Waals surface area contributed by atoms with Crippen LogP contribution in [-0.4, -0.2) is 40.7 Å². The van der Waals surface area contributed by atoms with Crippen LogP contribution in [0.25, 0.3) is 11.1 Å². The summed E-state index contributed by atoms with van der Waals surface area (Å²) in [4.78, 5) is 14.6. The number of benzene rings is 2. The molecular weight excluding hydrogens is 316 g/mol. The van der Waals surface area contributed by atoms with E-state index in [9.17, 15) is 4.79 Å². The van der Waals surface area contributed by atoms with Gasteiger partial charge in [-0.1, -0.05) is 0 Å². The van der Waals surface area contributed by atoms with Gasteiger partial charge < -0.3 is 10.2 Å². The lowest BCUT2D eigenvalue weighted by atomic mass is 10.1. The average molecular weight is 332 g/mol. The van der Waals surface area contributed by atoms with Crippen molar-refractivity contribution >= 4 is 29.3 Å². The number of rotatable bonds is 6. The van der Waals surface area contributed by atoms with E-state index < -0.39 is 0 Å². The zero-order valence-electron chi connectivity index (χ0n) is 11.9. The van der Waals surface area contributed by atoms with Gasteiger partial charge in [-0.3, -0.25) is 4.79 Å². The van der Waals surface area contributed by atoms with E-state index in [1.807, 2.05) is 36.4 Å². The van der Waals surface area contributed by atoms with Crippen LogP contribution in [0.3, 0.4) is 0 Å². The van der Waals surface area contributed by atoms with Crippen LogP contribution in [0.4, 0.5) is 0 Å². The van der Waals surface area contributed by atoms with Crippen LogP contribution < -0.4 is 0 Å². The fraction of sp³-hybridized carbons (Fsp3) is 0.235. The highest BCUT2D eigenvalue weighted by Crippen LogP contribution is 2.40. The number of thioether (sulfide) groups is 2. The number of carbonyl (C=O) groups is 1. The largest absolute Gasteiger partial charge is 0.396 e. The topological polar surface area (TPSA) is 57.5 Å². The van der Waals surface area contributed by atoms with Crippen molar-refractivity contribution in [1.82, 2.24) is 0 Å². The molecule has 2 N–H and O–H groups in total. The first-order chi connectivity index (χ1) is 10.7. The lowest BCUT2D eigenvalue weighted by Crippen LogP contribution is -1.95. The highest BCUT2D eigenvalue weighted by molar-refractivity contribution is 7.99. The maximum Gasteiger partial charge on any atom is 0.194 e. The van der Waals surface area contributed by atoms with Gasteiger partial charge in [-0.05, 0) is 47.5 Å². The van der Waals surface area contributed by atoms with Gasteiger partial charge in [-0.25, -0.2) is 0 Å². The Morgan fingerprint density at radius 2 is 1.18 bits per heavy atom. The SMILES string of the molecule is O=C1c2ccc(SCCO)cc2-c2cc(SCCO)ccc21. The third-order valence-electron chi connectivity index (χ3n) is 3.48. The molecule has 0 aliphatic heterocycles. The summed E-state index contributed by atoms with van der Waals surface area (Å²) < 4.78 is 0. The number of hydrogen-bond acceptors (Lipinski definition) is 5. The van der Waals surface area contributed by atoms with Gasteiger partial charge in [0.25, 0.3) is 0 Å². The van der Waals surface area contributed by atoms with E-state index in [2.05, 4.69) is 0 Å². The van der Waals surface area contributed by atoms with Crippen LogP contribution in [-0.2, 0) is 0 Å². The quantitative estimate of drug-likeness (QED) is 0.680. The predicted molar refractivity (Wildman–Crippen MR) is 90.9 cm³/mol. The summed E-state index contributed by atoms with van der Waals surface area (Å²) in [5.74, 6) is 1.36. The molecule has 0 radical (unpaired) electrons. The third-order valence-corrected chi connectivity index (χ3v) is 5.43. The van der Waals surface area contributed by atoms with Gasteiger partial charge in [0.1, 0.15) is 0 Å². The predicted octanol–water partition coefficient (Wildman–Crippen LogP) is 3.07. The van der Waals surface area contributed by atoms with Gasteiger partial charge in [0, 0.05) is 32.4 Å². The van der Waals surface area contributed by atoms with Gasteiger partial charge in [0.15, 0.2) is 5.78 Å². The first kappa shape index (κ1) is 15.6. The molecule has 0 amide bonds. The molecule has 3 nitrogen and oxygen atoms in total. The number of aliphatic hydroxyl groups is 2. The normalized spacial score (nSPS) is 12.4. The number of ketones is 1. The van der Waals surface area contributed by atoms with Crippen LogP contribution in [0, 0.1) is 0 Å². The summed E-state index contributed by atoms with van der Waals surface area (Å²) in [6, 6.07) is 11.7. The third kappa shape index (κ3) is 2.94. The van der Waals surface area contributed by atoms with E-state index in [1.165, 1.54) is 0 Å². The Morgan fingerprint density at radius 1 is 0.727 bits per heavy atom. The minimum atomic E-state index is 0.0717. The second-order valence-corrected chi connectivity index (χ2v) is 7.22. The van der Waals surface area contributed by atoms with Crippen LogP contribution in [0.2, 0.25) is 0 Å². The number of aliphatic hydroxyl groups excluding tert-OH is 2. The average Bonchev–Trinajstić information content (AvgIpc) is 2.83. The molecule has 3 rings (SSSR count). The highest BCUT2D eigenvalue weighted by Gasteiger charge is 2.27. The van der Waals surface area contributed by atoms with E-state index in [0.29, 0.717) is 11.5 Å². The molecule has 0 aromatic heterocycles. The first-order valence-corrected chi connectivity index (χ1v) is 9.02. The number of carbonyl (C=O) groups excluding carboxylic acids is 1. The second kappa shape index (κ2) is 6.87. The maximum absolute atomic E-state index is 12.4. The van der Waals surface area contributed by atoms with Crippen molar-refractivity contribution in [3.8, 4) is 11.1 Å². The van der Waals surface area contributed by atoms with E-state index >= 15 is 0 Å².